The third-order valence-corrected chi connectivity index (χ3v) is 5.71. The molecule has 156 valence electrons. The normalized spacial score (nSPS) is 13.9. The minimum absolute atomic E-state index is 0.189. The summed E-state index contributed by atoms with van der Waals surface area (Å²) in [6.07, 6.45) is 0. The molecule has 3 aromatic rings. The van der Waals surface area contributed by atoms with E-state index in [0.29, 0.717) is 26.9 Å². The molecule has 31 heavy (non-hydrogen) atoms. The molecule has 0 atom stereocenters. The molecule has 4 rings (SSSR count). The van der Waals surface area contributed by atoms with Crippen molar-refractivity contribution < 1.29 is 9.59 Å². The Morgan fingerprint density at radius 1 is 0.806 bits per heavy atom. The number of carbonyl (C=O) groups is 2. The minimum atomic E-state index is -0.380. The number of aryl methyl sites for hydroxylation is 2. The van der Waals surface area contributed by atoms with E-state index in [9.17, 15) is 9.59 Å². The van der Waals surface area contributed by atoms with Crippen molar-refractivity contribution in [3.05, 3.63) is 105 Å². The monoisotopic (exact) mass is 450 g/mol. The third-order valence-electron chi connectivity index (χ3n) is 5.22. The zero-order chi connectivity index (χ0) is 22.1. The van der Waals surface area contributed by atoms with Gasteiger partial charge in [-0.05, 0) is 54.8 Å². The highest BCUT2D eigenvalue weighted by atomic mass is 35.5. The van der Waals surface area contributed by atoms with Crippen LogP contribution in [0.3, 0.4) is 0 Å². The van der Waals surface area contributed by atoms with E-state index in [2.05, 4.69) is 5.32 Å². The number of anilines is 1. The molecular weight excluding hydrogens is 431 g/mol. The zero-order valence-electron chi connectivity index (χ0n) is 17.1. The van der Waals surface area contributed by atoms with Crippen LogP contribution in [0.15, 0.2) is 72.4 Å². The number of halogens is 2. The van der Waals surface area contributed by atoms with Crippen molar-refractivity contribution in [3.63, 3.8) is 0 Å². The van der Waals surface area contributed by atoms with Crippen molar-refractivity contribution in [2.75, 3.05) is 5.32 Å². The van der Waals surface area contributed by atoms with E-state index < -0.39 is 0 Å². The van der Waals surface area contributed by atoms with E-state index in [-0.39, 0.29) is 24.1 Å². The van der Waals surface area contributed by atoms with Crippen LogP contribution in [0, 0.1) is 13.8 Å². The average molecular weight is 451 g/mol. The second-order valence-electron chi connectivity index (χ2n) is 7.52. The van der Waals surface area contributed by atoms with Crippen LogP contribution in [0.5, 0.6) is 0 Å². The van der Waals surface area contributed by atoms with Crippen molar-refractivity contribution in [2.24, 2.45) is 0 Å². The topological polar surface area (TPSA) is 49.4 Å². The van der Waals surface area contributed by atoms with Crippen LogP contribution in [0.25, 0.3) is 5.57 Å². The number of imide groups is 1. The summed E-state index contributed by atoms with van der Waals surface area (Å²) in [5.41, 5.74) is 4.73. The van der Waals surface area contributed by atoms with Crippen LogP contribution in [-0.2, 0) is 16.1 Å². The average Bonchev–Trinajstić information content (AvgIpc) is 2.97. The van der Waals surface area contributed by atoms with Gasteiger partial charge in [-0.25, -0.2) is 0 Å². The van der Waals surface area contributed by atoms with Crippen molar-refractivity contribution in [3.8, 4) is 0 Å². The van der Waals surface area contributed by atoms with E-state index in [0.717, 1.165) is 16.7 Å². The summed E-state index contributed by atoms with van der Waals surface area (Å²) in [4.78, 5) is 28.0. The molecule has 0 aliphatic carbocycles. The summed E-state index contributed by atoms with van der Waals surface area (Å²) < 4.78 is 0. The summed E-state index contributed by atoms with van der Waals surface area (Å²) in [5, 5.41) is 4.26. The highest BCUT2D eigenvalue weighted by Crippen LogP contribution is 2.33. The van der Waals surface area contributed by atoms with E-state index in [1.807, 2.05) is 44.2 Å². The fraction of sp³-hybridized carbons (Fsp3) is 0.120. The lowest BCUT2D eigenvalue weighted by molar-refractivity contribution is -0.137. The third kappa shape index (κ3) is 4.36. The molecular formula is C25H20Cl2N2O2. The minimum Gasteiger partial charge on any atom is -0.350 e. The van der Waals surface area contributed by atoms with Gasteiger partial charge in [0, 0.05) is 15.7 Å². The van der Waals surface area contributed by atoms with Crippen molar-refractivity contribution >= 4 is 46.3 Å². The first-order valence-electron chi connectivity index (χ1n) is 9.78. The zero-order valence-corrected chi connectivity index (χ0v) is 18.6. The smallest absolute Gasteiger partial charge is 0.278 e. The second kappa shape index (κ2) is 8.58. The molecule has 0 spiro atoms. The molecule has 0 unspecified atom stereocenters. The van der Waals surface area contributed by atoms with Gasteiger partial charge in [-0.1, -0.05) is 71.2 Å². The van der Waals surface area contributed by atoms with E-state index in [1.54, 1.807) is 36.4 Å². The van der Waals surface area contributed by atoms with E-state index in [1.165, 1.54) is 4.90 Å². The lowest BCUT2D eigenvalue weighted by Gasteiger charge is -2.16. The van der Waals surface area contributed by atoms with Gasteiger partial charge in [0.2, 0.25) is 0 Å². The predicted octanol–water partition coefficient (Wildman–Crippen LogP) is 6.00. The molecule has 0 aromatic heterocycles. The number of hydrogen-bond donors (Lipinski definition) is 1. The summed E-state index contributed by atoms with van der Waals surface area (Å²) in [6.45, 7) is 4.09. The lowest BCUT2D eigenvalue weighted by Crippen LogP contribution is -2.32. The molecule has 3 aromatic carbocycles. The van der Waals surface area contributed by atoms with Gasteiger partial charge in [0.25, 0.3) is 11.8 Å². The molecule has 6 heteroatoms. The van der Waals surface area contributed by atoms with Gasteiger partial charge in [-0.15, -0.1) is 0 Å². The second-order valence-corrected chi connectivity index (χ2v) is 8.40. The Morgan fingerprint density at radius 2 is 1.45 bits per heavy atom. The Morgan fingerprint density at radius 3 is 2.13 bits per heavy atom. The first kappa shape index (κ1) is 21.2. The largest absolute Gasteiger partial charge is 0.350 e. The Balaban J connectivity index is 1.76. The summed E-state index contributed by atoms with van der Waals surface area (Å²) >= 11 is 12.2. The van der Waals surface area contributed by atoms with Gasteiger partial charge in [-0.2, -0.15) is 0 Å². The molecule has 0 saturated carbocycles. The van der Waals surface area contributed by atoms with Gasteiger partial charge >= 0.3 is 0 Å². The van der Waals surface area contributed by atoms with Crippen LogP contribution in [0.4, 0.5) is 5.69 Å². The SMILES string of the molecule is Cc1ccc(CN2C(=O)C(Nc3cc(Cl)ccc3C)=C(c3ccc(Cl)cc3)C2=O)cc1. The number of carbonyl (C=O) groups excluding carboxylic acids is 2. The summed E-state index contributed by atoms with van der Waals surface area (Å²) in [6, 6.07) is 20.0. The maximum atomic E-state index is 13.4. The number of nitrogens with zero attached hydrogens (tertiary/aromatic N) is 1. The quantitative estimate of drug-likeness (QED) is 0.484. The molecule has 2 amide bonds. The Kier molecular flexibility index (Phi) is 5.86. The highest BCUT2D eigenvalue weighted by Gasteiger charge is 2.39. The lowest BCUT2D eigenvalue weighted by atomic mass is 10.0. The molecule has 0 saturated heterocycles. The Bertz CT molecular complexity index is 1200. The molecule has 0 bridgehead atoms. The van der Waals surface area contributed by atoms with Gasteiger partial charge in [0.1, 0.15) is 5.70 Å². The van der Waals surface area contributed by atoms with Crippen molar-refractivity contribution in [1.82, 2.24) is 4.90 Å². The number of hydrogen-bond acceptors (Lipinski definition) is 3. The van der Waals surface area contributed by atoms with E-state index in [4.69, 9.17) is 23.2 Å². The van der Waals surface area contributed by atoms with Crippen LogP contribution in [0.2, 0.25) is 10.0 Å². The molecule has 4 nitrogen and oxygen atoms in total. The van der Waals surface area contributed by atoms with Gasteiger partial charge in [-0.3, -0.25) is 14.5 Å². The van der Waals surface area contributed by atoms with Crippen LogP contribution in [-0.4, -0.2) is 16.7 Å². The molecule has 1 aliphatic rings. The van der Waals surface area contributed by atoms with Crippen molar-refractivity contribution in [1.29, 1.82) is 0 Å². The Hall–Kier alpha value is -3.08. The summed E-state index contributed by atoms with van der Waals surface area (Å²) in [5.74, 6) is -0.732. The molecule has 1 N–H and O–H groups in total. The first-order chi connectivity index (χ1) is 14.8. The van der Waals surface area contributed by atoms with Crippen LogP contribution >= 0.6 is 23.2 Å². The number of amides is 2. The van der Waals surface area contributed by atoms with E-state index >= 15 is 0 Å². The number of benzene rings is 3. The van der Waals surface area contributed by atoms with Gasteiger partial charge in [0.05, 0.1) is 12.1 Å². The predicted molar refractivity (Wildman–Crippen MR) is 125 cm³/mol. The van der Waals surface area contributed by atoms with Gasteiger partial charge in [0.15, 0.2) is 0 Å². The standard InChI is InChI=1S/C25H20Cl2N2O2/c1-15-3-6-17(7-4-15)14-29-24(30)22(18-8-11-19(26)12-9-18)23(25(29)31)28-21-13-20(27)10-5-16(21)2/h3-13,28H,14H2,1-2H3. The van der Waals surface area contributed by atoms with Crippen LogP contribution < -0.4 is 5.32 Å². The number of nitrogens with one attached hydrogen (secondary N) is 1. The molecule has 0 radical (unpaired) electrons. The fourth-order valence-electron chi connectivity index (χ4n) is 3.46. The summed E-state index contributed by atoms with van der Waals surface area (Å²) in [7, 11) is 0. The first-order valence-corrected chi connectivity index (χ1v) is 10.5. The van der Waals surface area contributed by atoms with Crippen LogP contribution in [0.1, 0.15) is 22.3 Å². The Labute approximate surface area is 191 Å². The molecule has 1 heterocycles. The van der Waals surface area contributed by atoms with Gasteiger partial charge < -0.3 is 5.32 Å². The highest BCUT2D eigenvalue weighted by molar-refractivity contribution is 6.37. The number of rotatable bonds is 5. The maximum absolute atomic E-state index is 13.4. The fourth-order valence-corrected chi connectivity index (χ4v) is 3.76. The molecule has 0 fully saturated rings. The maximum Gasteiger partial charge on any atom is 0.278 e. The van der Waals surface area contributed by atoms with Crippen molar-refractivity contribution in [2.45, 2.75) is 20.4 Å². The molecule has 1 aliphatic heterocycles.